The van der Waals surface area contributed by atoms with Crippen LogP contribution in [0, 0.1) is 0 Å². The number of anilines is 3. The lowest BCUT2D eigenvalue weighted by atomic mass is 10.1. The molecule has 0 atom stereocenters. The van der Waals surface area contributed by atoms with Gasteiger partial charge in [-0.25, -0.2) is 0 Å². The molecule has 1 amide bonds. The number of ketones is 1. The Labute approximate surface area is 169 Å². The van der Waals surface area contributed by atoms with Crippen molar-refractivity contribution in [3.8, 4) is 11.5 Å². The van der Waals surface area contributed by atoms with Crippen molar-refractivity contribution in [2.45, 2.75) is 6.92 Å². The maximum absolute atomic E-state index is 12.7. The molecule has 0 saturated carbocycles. The molecule has 0 spiro atoms. The molecule has 2 N–H and O–H groups in total. The third-order valence-electron chi connectivity index (χ3n) is 4.38. The molecule has 6 nitrogen and oxygen atoms in total. The maximum atomic E-state index is 12.7. The van der Waals surface area contributed by atoms with Gasteiger partial charge in [0.1, 0.15) is 17.1 Å². The van der Waals surface area contributed by atoms with Crippen molar-refractivity contribution in [3.63, 3.8) is 0 Å². The number of methoxy groups -OCH3 is 2. The van der Waals surface area contributed by atoms with Crippen LogP contribution in [0.3, 0.4) is 0 Å². The van der Waals surface area contributed by atoms with Gasteiger partial charge in [-0.05, 0) is 67.6 Å². The van der Waals surface area contributed by atoms with Crippen molar-refractivity contribution in [3.05, 3.63) is 77.9 Å². The van der Waals surface area contributed by atoms with E-state index in [-0.39, 0.29) is 11.7 Å². The zero-order valence-corrected chi connectivity index (χ0v) is 16.5. The monoisotopic (exact) mass is 390 g/mol. The van der Waals surface area contributed by atoms with E-state index in [0.29, 0.717) is 28.3 Å². The van der Waals surface area contributed by atoms with Crippen LogP contribution in [0.25, 0.3) is 0 Å². The molecule has 0 unspecified atom stereocenters. The summed E-state index contributed by atoms with van der Waals surface area (Å²) < 4.78 is 10.6. The molecule has 0 radical (unpaired) electrons. The van der Waals surface area contributed by atoms with Crippen LogP contribution in [0.4, 0.5) is 17.1 Å². The molecule has 3 aromatic rings. The highest BCUT2D eigenvalue weighted by Crippen LogP contribution is 2.29. The summed E-state index contributed by atoms with van der Waals surface area (Å²) in [7, 11) is 3.02. The maximum Gasteiger partial charge on any atom is 0.263 e. The van der Waals surface area contributed by atoms with E-state index >= 15 is 0 Å². The van der Waals surface area contributed by atoms with Crippen LogP contribution in [0.2, 0.25) is 0 Å². The summed E-state index contributed by atoms with van der Waals surface area (Å²) in [5.41, 5.74) is 3.37. The van der Waals surface area contributed by atoms with Gasteiger partial charge >= 0.3 is 0 Å². The van der Waals surface area contributed by atoms with Crippen molar-refractivity contribution in [2.75, 3.05) is 24.9 Å². The highest BCUT2D eigenvalue weighted by atomic mass is 16.5. The summed E-state index contributed by atoms with van der Waals surface area (Å²) in [6.45, 7) is 1.54. The normalized spacial score (nSPS) is 10.2. The first-order chi connectivity index (χ1) is 14.0. The summed E-state index contributed by atoms with van der Waals surface area (Å²) in [6, 6.07) is 19.7. The fraction of sp³-hybridized carbons (Fsp3) is 0.130. The molecule has 0 bridgehead atoms. The Hall–Kier alpha value is -3.80. The van der Waals surface area contributed by atoms with Crippen molar-refractivity contribution in [1.29, 1.82) is 0 Å². The molecule has 6 heteroatoms. The van der Waals surface area contributed by atoms with E-state index in [1.54, 1.807) is 42.5 Å². The van der Waals surface area contributed by atoms with Crippen LogP contribution < -0.4 is 20.1 Å². The minimum absolute atomic E-state index is 0.0309. The van der Waals surface area contributed by atoms with Gasteiger partial charge in [0.2, 0.25) is 0 Å². The van der Waals surface area contributed by atoms with Gasteiger partial charge in [0.05, 0.1) is 14.2 Å². The van der Waals surface area contributed by atoms with E-state index in [0.717, 1.165) is 11.4 Å². The molecule has 29 heavy (non-hydrogen) atoms. The average Bonchev–Trinajstić information content (AvgIpc) is 2.74. The standard InChI is InChI=1S/C23H22N2O4/c1-15(26)16-7-9-17(10-8-16)24-18-11-13-19(14-12-18)25-23(27)22-20(28-2)5-4-6-21(22)29-3/h4-14,24H,1-3H3,(H,25,27). The second-order valence-corrected chi connectivity index (χ2v) is 6.33. The van der Waals surface area contributed by atoms with Crippen molar-refractivity contribution < 1.29 is 19.1 Å². The highest BCUT2D eigenvalue weighted by Gasteiger charge is 2.18. The Morgan fingerprint density at radius 2 is 1.21 bits per heavy atom. The summed E-state index contributed by atoms with van der Waals surface area (Å²) in [5.74, 6) is 0.589. The van der Waals surface area contributed by atoms with E-state index in [2.05, 4.69) is 10.6 Å². The Balaban J connectivity index is 1.71. The van der Waals surface area contributed by atoms with Gasteiger partial charge in [-0.1, -0.05) is 6.07 Å². The van der Waals surface area contributed by atoms with Crippen LogP contribution in [-0.2, 0) is 0 Å². The van der Waals surface area contributed by atoms with Gasteiger partial charge in [0, 0.05) is 22.6 Å². The van der Waals surface area contributed by atoms with Crippen LogP contribution in [0.15, 0.2) is 66.7 Å². The molecule has 3 rings (SSSR count). The van der Waals surface area contributed by atoms with Gasteiger partial charge < -0.3 is 20.1 Å². The molecule has 0 aliphatic heterocycles. The lowest BCUT2D eigenvalue weighted by molar-refractivity contribution is 0.101. The Morgan fingerprint density at radius 1 is 0.724 bits per heavy atom. The fourth-order valence-corrected chi connectivity index (χ4v) is 2.86. The van der Waals surface area contributed by atoms with Crippen LogP contribution in [-0.4, -0.2) is 25.9 Å². The SMILES string of the molecule is COc1cccc(OC)c1C(=O)Nc1ccc(Nc2ccc(C(C)=O)cc2)cc1. The quantitative estimate of drug-likeness (QED) is 0.561. The third-order valence-corrected chi connectivity index (χ3v) is 4.38. The topological polar surface area (TPSA) is 76.7 Å². The average molecular weight is 390 g/mol. The van der Waals surface area contributed by atoms with Gasteiger partial charge in [-0.15, -0.1) is 0 Å². The van der Waals surface area contributed by atoms with Gasteiger partial charge in [-0.2, -0.15) is 0 Å². The number of hydrogen-bond donors (Lipinski definition) is 2. The second kappa shape index (κ2) is 8.93. The Bertz CT molecular complexity index is 990. The van der Waals surface area contributed by atoms with Crippen molar-refractivity contribution in [1.82, 2.24) is 0 Å². The van der Waals surface area contributed by atoms with E-state index in [1.807, 2.05) is 24.3 Å². The lowest BCUT2D eigenvalue weighted by Crippen LogP contribution is -2.14. The smallest absolute Gasteiger partial charge is 0.263 e. The zero-order chi connectivity index (χ0) is 20.8. The molecule has 0 fully saturated rings. The molecule has 148 valence electrons. The minimum atomic E-state index is -0.320. The molecular formula is C23H22N2O4. The summed E-state index contributed by atoms with van der Waals surface area (Å²) in [4.78, 5) is 24.1. The minimum Gasteiger partial charge on any atom is -0.496 e. The van der Waals surface area contributed by atoms with E-state index < -0.39 is 0 Å². The molecule has 0 heterocycles. The van der Waals surface area contributed by atoms with E-state index in [4.69, 9.17) is 9.47 Å². The number of hydrogen-bond acceptors (Lipinski definition) is 5. The van der Waals surface area contributed by atoms with E-state index in [9.17, 15) is 9.59 Å². The van der Waals surface area contributed by atoms with Crippen LogP contribution in [0.5, 0.6) is 11.5 Å². The number of ether oxygens (including phenoxy) is 2. The molecule has 0 aliphatic carbocycles. The summed E-state index contributed by atoms with van der Waals surface area (Å²) in [5, 5.41) is 6.11. The first-order valence-electron chi connectivity index (χ1n) is 9.02. The van der Waals surface area contributed by atoms with Crippen LogP contribution >= 0.6 is 0 Å². The zero-order valence-electron chi connectivity index (χ0n) is 16.5. The second-order valence-electron chi connectivity index (χ2n) is 6.33. The first-order valence-corrected chi connectivity index (χ1v) is 9.02. The van der Waals surface area contributed by atoms with Gasteiger partial charge in [-0.3, -0.25) is 9.59 Å². The number of carbonyl (C=O) groups is 2. The van der Waals surface area contributed by atoms with Gasteiger partial charge in [0.15, 0.2) is 5.78 Å². The van der Waals surface area contributed by atoms with E-state index in [1.165, 1.54) is 21.1 Å². The number of rotatable bonds is 7. The number of Topliss-reactive ketones (excluding diaryl/α,β-unsaturated/α-hetero) is 1. The molecule has 3 aromatic carbocycles. The highest BCUT2D eigenvalue weighted by molar-refractivity contribution is 6.08. The molecule has 0 saturated heterocycles. The lowest BCUT2D eigenvalue weighted by Gasteiger charge is -2.13. The number of amides is 1. The largest absolute Gasteiger partial charge is 0.496 e. The molecule has 0 aliphatic rings. The van der Waals surface area contributed by atoms with Crippen molar-refractivity contribution in [2.24, 2.45) is 0 Å². The Kier molecular flexibility index (Phi) is 6.14. The predicted octanol–water partition coefficient (Wildman–Crippen LogP) is 4.90. The predicted molar refractivity (Wildman–Crippen MR) is 114 cm³/mol. The number of carbonyl (C=O) groups excluding carboxylic acids is 2. The summed E-state index contributed by atoms with van der Waals surface area (Å²) >= 11 is 0. The number of benzene rings is 3. The summed E-state index contributed by atoms with van der Waals surface area (Å²) in [6.07, 6.45) is 0. The molecular weight excluding hydrogens is 368 g/mol. The molecule has 0 aromatic heterocycles. The number of nitrogens with one attached hydrogen (secondary N) is 2. The Morgan fingerprint density at radius 3 is 1.69 bits per heavy atom. The first kappa shape index (κ1) is 19.9. The van der Waals surface area contributed by atoms with Crippen LogP contribution in [0.1, 0.15) is 27.6 Å². The fourth-order valence-electron chi connectivity index (χ4n) is 2.86. The van der Waals surface area contributed by atoms with Gasteiger partial charge in [0.25, 0.3) is 5.91 Å². The van der Waals surface area contributed by atoms with Crippen molar-refractivity contribution >= 4 is 28.8 Å². The third kappa shape index (κ3) is 4.73.